The highest BCUT2D eigenvalue weighted by molar-refractivity contribution is 5.25. The Morgan fingerprint density at radius 1 is 1.31 bits per heavy atom. The van der Waals surface area contributed by atoms with Gasteiger partial charge in [-0.1, -0.05) is 35.4 Å². The van der Waals surface area contributed by atoms with Gasteiger partial charge in [-0.2, -0.15) is 0 Å². The van der Waals surface area contributed by atoms with Crippen molar-refractivity contribution < 1.29 is 0 Å². The number of hydrogen-bond donors (Lipinski definition) is 1. The van der Waals surface area contributed by atoms with Gasteiger partial charge < -0.3 is 5.32 Å². The average Bonchev–Trinajstić information content (AvgIpc) is 2.66. The molecule has 0 spiro atoms. The fraction of sp³-hybridized carbons (Fsp3) is 0.364. The molecule has 1 atom stereocenters. The zero-order valence-electron chi connectivity index (χ0n) is 9.46. The summed E-state index contributed by atoms with van der Waals surface area (Å²) in [5.41, 5.74) is 1.30. The van der Waals surface area contributed by atoms with Crippen LogP contribution < -0.4 is 5.32 Å². The van der Waals surface area contributed by atoms with Crippen molar-refractivity contribution in [1.29, 1.82) is 0 Å². The Labute approximate surface area is 94.5 Å². The minimum atomic E-state index is 0.298. The summed E-state index contributed by atoms with van der Waals surface area (Å²) in [7, 11) is 1.82. The molecule has 5 nitrogen and oxygen atoms in total. The van der Waals surface area contributed by atoms with E-state index in [9.17, 15) is 0 Å². The zero-order valence-corrected chi connectivity index (χ0v) is 9.46. The number of hydrogen-bond acceptors (Lipinski definition) is 4. The molecule has 1 aromatic carbocycles. The standard InChI is InChI=1S/C11H15N5/c1-9(8-10-6-4-3-5-7-10)12-11-13-14-15-16(11)2/h3-7,9H,8H2,1-2H3,(H,12,13,15). The second-order valence-corrected chi connectivity index (χ2v) is 3.86. The molecule has 1 unspecified atom stereocenters. The molecule has 1 N–H and O–H groups in total. The third-order valence-electron chi connectivity index (χ3n) is 2.38. The van der Waals surface area contributed by atoms with Crippen LogP contribution in [0, 0.1) is 0 Å². The van der Waals surface area contributed by atoms with E-state index < -0.39 is 0 Å². The Hall–Kier alpha value is -1.91. The molecule has 0 aliphatic heterocycles. The zero-order chi connectivity index (χ0) is 11.4. The van der Waals surface area contributed by atoms with Crippen LogP contribution in [0.2, 0.25) is 0 Å². The van der Waals surface area contributed by atoms with Crippen molar-refractivity contribution in [3.63, 3.8) is 0 Å². The molecule has 1 aromatic heterocycles. The van der Waals surface area contributed by atoms with E-state index in [0.29, 0.717) is 12.0 Å². The van der Waals surface area contributed by atoms with Gasteiger partial charge in [0.1, 0.15) is 0 Å². The van der Waals surface area contributed by atoms with Gasteiger partial charge in [0.05, 0.1) is 0 Å². The maximum Gasteiger partial charge on any atom is 0.242 e. The maximum atomic E-state index is 3.89. The van der Waals surface area contributed by atoms with Crippen molar-refractivity contribution in [2.75, 3.05) is 5.32 Å². The van der Waals surface area contributed by atoms with Crippen LogP contribution in [0.15, 0.2) is 30.3 Å². The normalized spacial score (nSPS) is 12.4. The summed E-state index contributed by atoms with van der Waals surface area (Å²) >= 11 is 0. The minimum absolute atomic E-state index is 0.298. The Bertz CT molecular complexity index is 437. The van der Waals surface area contributed by atoms with Crippen LogP contribution in [0.1, 0.15) is 12.5 Å². The lowest BCUT2D eigenvalue weighted by Gasteiger charge is -2.13. The number of nitrogens with one attached hydrogen (secondary N) is 1. The topological polar surface area (TPSA) is 55.6 Å². The highest BCUT2D eigenvalue weighted by atomic mass is 15.6. The summed E-state index contributed by atoms with van der Waals surface area (Å²) in [6.07, 6.45) is 0.952. The van der Waals surface area contributed by atoms with Crippen LogP contribution in [0.25, 0.3) is 0 Å². The molecule has 2 rings (SSSR count). The fourth-order valence-corrected chi connectivity index (χ4v) is 1.59. The second-order valence-electron chi connectivity index (χ2n) is 3.86. The Morgan fingerprint density at radius 2 is 2.06 bits per heavy atom. The molecule has 84 valence electrons. The smallest absolute Gasteiger partial charge is 0.242 e. The predicted octanol–water partition coefficient (Wildman–Crippen LogP) is 1.25. The van der Waals surface area contributed by atoms with Crippen molar-refractivity contribution in [3.8, 4) is 0 Å². The molecule has 5 heteroatoms. The van der Waals surface area contributed by atoms with E-state index in [1.54, 1.807) is 4.68 Å². The van der Waals surface area contributed by atoms with E-state index in [1.165, 1.54) is 5.56 Å². The van der Waals surface area contributed by atoms with E-state index in [4.69, 9.17) is 0 Å². The Morgan fingerprint density at radius 3 is 2.69 bits per heavy atom. The van der Waals surface area contributed by atoms with E-state index in [2.05, 4.69) is 39.9 Å². The van der Waals surface area contributed by atoms with Crippen molar-refractivity contribution in [3.05, 3.63) is 35.9 Å². The molecule has 0 fully saturated rings. The van der Waals surface area contributed by atoms with Gasteiger partial charge in [0.15, 0.2) is 0 Å². The van der Waals surface area contributed by atoms with Crippen LogP contribution in [0.3, 0.4) is 0 Å². The molecule has 1 heterocycles. The first kappa shape index (κ1) is 10.6. The third-order valence-corrected chi connectivity index (χ3v) is 2.38. The lowest BCUT2D eigenvalue weighted by Crippen LogP contribution is -2.20. The van der Waals surface area contributed by atoms with Gasteiger partial charge in [0.2, 0.25) is 5.95 Å². The molecule has 0 amide bonds. The molecule has 0 saturated heterocycles. The molecule has 0 aliphatic carbocycles. The van der Waals surface area contributed by atoms with Crippen LogP contribution >= 0.6 is 0 Å². The number of aryl methyl sites for hydroxylation is 1. The molecule has 16 heavy (non-hydrogen) atoms. The molecule has 0 saturated carbocycles. The van der Waals surface area contributed by atoms with Gasteiger partial charge in [-0.25, -0.2) is 4.68 Å². The summed E-state index contributed by atoms with van der Waals surface area (Å²) in [5.74, 6) is 0.698. The second kappa shape index (κ2) is 4.74. The lowest BCUT2D eigenvalue weighted by atomic mass is 10.1. The summed E-state index contributed by atoms with van der Waals surface area (Å²) < 4.78 is 1.63. The van der Waals surface area contributed by atoms with Crippen LogP contribution in [-0.2, 0) is 13.5 Å². The third kappa shape index (κ3) is 2.56. The number of benzene rings is 1. The number of nitrogens with zero attached hydrogens (tertiary/aromatic N) is 4. The monoisotopic (exact) mass is 217 g/mol. The Balaban J connectivity index is 1.95. The molecular weight excluding hydrogens is 202 g/mol. The summed E-state index contributed by atoms with van der Waals surface area (Å²) in [6, 6.07) is 10.7. The number of aromatic nitrogens is 4. The average molecular weight is 217 g/mol. The van der Waals surface area contributed by atoms with Gasteiger partial charge in [0.25, 0.3) is 0 Å². The Kier molecular flexibility index (Phi) is 3.14. The van der Waals surface area contributed by atoms with E-state index in [1.807, 2.05) is 25.2 Å². The van der Waals surface area contributed by atoms with E-state index in [-0.39, 0.29) is 0 Å². The van der Waals surface area contributed by atoms with Crippen LogP contribution in [0.4, 0.5) is 5.95 Å². The van der Waals surface area contributed by atoms with Gasteiger partial charge in [-0.3, -0.25) is 0 Å². The van der Waals surface area contributed by atoms with Crippen LogP contribution in [-0.4, -0.2) is 26.2 Å². The van der Waals surface area contributed by atoms with Crippen molar-refractivity contribution in [2.24, 2.45) is 7.05 Å². The minimum Gasteiger partial charge on any atom is -0.350 e. The number of anilines is 1. The van der Waals surface area contributed by atoms with Gasteiger partial charge in [-0.05, 0) is 29.3 Å². The first-order valence-corrected chi connectivity index (χ1v) is 5.28. The highest BCUT2D eigenvalue weighted by Gasteiger charge is 2.07. The first-order valence-electron chi connectivity index (χ1n) is 5.28. The quantitative estimate of drug-likeness (QED) is 0.837. The maximum absolute atomic E-state index is 3.89. The fourth-order valence-electron chi connectivity index (χ4n) is 1.59. The molecular formula is C11H15N5. The highest BCUT2D eigenvalue weighted by Crippen LogP contribution is 2.06. The van der Waals surface area contributed by atoms with Crippen molar-refractivity contribution >= 4 is 5.95 Å². The molecule has 2 aromatic rings. The SMILES string of the molecule is CC(Cc1ccccc1)Nc1nnnn1C. The first-order chi connectivity index (χ1) is 7.75. The number of tetrazole rings is 1. The summed E-state index contributed by atoms with van der Waals surface area (Å²) in [5, 5.41) is 14.5. The van der Waals surface area contributed by atoms with Gasteiger partial charge in [-0.15, -0.1) is 0 Å². The summed E-state index contributed by atoms with van der Waals surface area (Å²) in [6.45, 7) is 2.11. The van der Waals surface area contributed by atoms with Crippen LogP contribution in [0.5, 0.6) is 0 Å². The van der Waals surface area contributed by atoms with Gasteiger partial charge in [0, 0.05) is 13.1 Å². The predicted molar refractivity (Wildman–Crippen MR) is 62.0 cm³/mol. The molecule has 0 aliphatic rings. The van der Waals surface area contributed by atoms with E-state index >= 15 is 0 Å². The lowest BCUT2D eigenvalue weighted by molar-refractivity contribution is 0.698. The molecule has 0 radical (unpaired) electrons. The summed E-state index contributed by atoms with van der Waals surface area (Å²) in [4.78, 5) is 0. The van der Waals surface area contributed by atoms with Crippen molar-refractivity contribution in [2.45, 2.75) is 19.4 Å². The largest absolute Gasteiger partial charge is 0.350 e. The van der Waals surface area contributed by atoms with Crippen molar-refractivity contribution in [1.82, 2.24) is 20.2 Å². The number of rotatable bonds is 4. The van der Waals surface area contributed by atoms with Gasteiger partial charge >= 0.3 is 0 Å². The molecule has 0 bridgehead atoms. The van der Waals surface area contributed by atoms with E-state index in [0.717, 1.165) is 6.42 Å².